The molecule has 0 saturated carbocycles. The number of hydrogen-bond donors (Lipinski definition) is 2. The van der Waals surface area contributed by atoms with Crippen molar-refractivity contribution >= 4 is 0 Å². The van der Waals surface area contributed by atoms with Crippen LogP contribution in [0.25, 0.3) is 0 Å². The molecule has 3 nitrogen and oxygen atoms in total. The van der Waals surface area contributed by atoms with Gasteiger partial charge >= 0.3 is 0 Å². The SMILES string of the molecule is CCCN(CCO)CCCNCC. The van der Waals surface area contributed by atoms with Crippen LogP contribution in [0.4, 0.5) is 0 Å². The van der Waals surface area contributed by atoms with E-state index in [4.69, 9.17) is 5.11 Å². The van der Waals surface area contributed by atoms with Gasteiger partial charge in [0.15, 0.2) is 0 Å². The van der Waals surface area contributed by atoms with Crippen molar-refractivity contribution in [3.05, 3.63) is 0 Å². The Morgan fingerprint density at radius 3 is 2.46 bits per heavy atom. The van der Waals surface area contributed by atoms with Crippen LogP contribution in [0, 0.1) is 0 Å². The normalized spacial score (nSPS) is 11.1. The predicted molar refractivity (Wildman–Crippen MR) is 57.0 cm³/mol. The summed E-state index contributed by atoms with van der Waals surface area (Å²) in [6.07, 6.45) is 2.34. The summed E-state index contributed by atoms with van der Waals surface area (Å²) in [6.45, 7) is 9.73. The van der Waals surface area contributed by atoms with Gasteiger partial charge in [-0.2, -0.15) is 0 Å². The zero-order chi connectivity index (χ0) is 9.94. The van der Waals surface area contributed by atoms with Gasteiger partial charge in [-0.05, 0) is 39.0 Å². The lowest BCUT2D eigenvalue weighted by Crippen LogP contribution is -2.30. The third kappa shape index (κ3) is 8.22. The van der Waals surface area contributed by atoms with E-state index in [1.165, 1.54) is 12.8 Å². The van der Waals surface area contributed by atoms with Crippen LogP contribution >= 0.6 is 0 Å². The molecule has 0 saturated heterocycles. The minimum absolute atomic E-state index is 0.279. The Balaban J connectivity index is 3.33. The summed E-state index contributed by atoms with van der Waals surface area (Å²) < 4.78 is 0. The Bertz CT molecular complexity index is 92.9. The Labute approximate surface area is 82.1 Å². The van der Waals surface area contributed by atoms with Crippen molar-refractivity contribution in [2.45, 2.75) is 26.7 Å². The highest BCUT2D eigenvalue weighted by molar-refractivity contribution is 4.57. The molecule has 0 radical (unpaired) electrons. The second kappa shape index (κ2) is 9.96. The summed E-state index contributed by atoms with van der Waals surface area (Å²) in [5.41, 5.74) is 0. The Morgan fingerprint density at radius 2 is 1.92 bits per heavy atom. The Hall–Kier alpha value is -0.120. The third-order valence-corrected chi connectivity index (χ3v) is 2.03. The molecule has 2 N–H and O–H groups in total. The molecular formula is C10H24N2O. The molecule has 0 rings (SSSR count). The van der Waals surface area contributed by atoms with Crippen molar-refractivity contribution in [3.8, 4) is 0 Å². The second-order valence-electron chi connectivity index (χ2n) is 3.27. The summed E-state index contributed by atoms with van der Waals surface area (Å²) >= 11 is 0. The van der Waals surface area contributed by atoms with Gasteiger partial charge in [0.05, 0.1) is 6.61 Å². The van der Waals surface area contributed by atoms with Crippen LogP contribution in [0.3, 0.4) is 0 Å². The van der Waals surface area contributed by atoms with Crippen molar-refractivity contribution in [1.29, 1.82) is 0 Å². The molecule has 0 aromatic rings. The molecule has 0 heterocycles. The summed E-state index contributed by atoms with van der Waals surface area (Å²) in [5.74, 6) is 0. The molecule has 0 aromatic heterocycles. The van der Waals surface area contributed by atoms with E-state index < -0.39 is 0 Å². The molecule has 0 aliphatic heterocycles. The lowest BCUT2D eigenvalue weighted by Gasteiger charge is -2.20. The predicted octanol–water partition coefficient (Wildman–Crippen LogP) is 0.690. The fraction of sp³-hybridized carbons (Fsp3) is 1.00. The third-order valence-electron chi connectivity index (χ3n) is 2.03. The first-order chi connectivity index (χ1) is 6.35. The van der Waals surface area contributed by atoms with E-state index in [9.17, 15) is 0 Å². The maximum atomic E-state index is 8.81. The van der Waals surface area contributed by atoms with Gasteiger partial charge in [-0.25, -0.2) is 0 Å². The van der Waals surface area contributed by atoms with Crippen LogP contribution in [0.1, 0.15) is 26.7 Å². The maximum absolute atomic E-state index is 8.81. The second-order valence-corrected chi connectivity index (χ2v) is 3.27. The van der Waals surface area contributed by atoms with Crippen molar-refractivity contribution in [1.82, 2.24) is 10.2 Å². The quantitative estimate of drug-likeness (QED) is 0.523. The zero-order valence-corrected chi connectivity index (χ0v) is 9.05. The summed E-state index contributed by atoms with van der Waals surface area (Å²) in [4.78, 5) is 2.32. The van der Waals surface area contributed by atoms with Crippen LogP contribution in [0.15, 0.2) is 0 Å². The van der Waals surface area contributed by atoms with E-state index in [0.29, 0.717) is 0 Å². The van der Waals surface area contributed by atoms with E-state index in [1.54, 1.807) is 0 Å². The van der Waals surface area contributed by atoms with Gasteiger partial charge in [-0.3, -0.25) is 0 Å². The fourth-order valence-electron chi connectivity index (χ4n) is 1.40. The lowest BCUT2D eigenvalue weighted by atomic mass is 10.3. The monoisotopic (exact) mass is 188 g/mol. The summed E-state index contributed by atoms with van der Waals surface area (Å²) in [5, 5.41) is 12.1. The van der Waals surface area contributed by atoms with E-state index in [0.717, 1.165) is 32.7 Å². The van der Waals surface area contributed by atoms with Gasteiger partial charge in [0.25, 0.3) is 0 Å². The van der Waals surface area contributed by atoms with E-state index in [2.05, 4.69) is 24.1 Å². The molecule has 0 aliphatic rings. The van der Waals surface area contributed by atoms with Gasteiger partial charge in [0.2, 0.25) is 0 Å². The number of rotatable bonds is 9. The highest BCUT2D eigenvalue weighted by Gasteiger charge is 2.01. The number of nitrogens with zero attached hydrogens (tertiary/aromatic N) is 1. The number of aliphatic hydroxyl groups excluding tert-OH is 1. The molecule has 3 heteroatoms. The molecule has 0 spiro atoms. The van der Waals surface area contributed by atoms with Gasteiger partial charge in [0.1, 0.15) is 0 Å². The fourth-order valence-corrected chi connectivity index (χ4v) is 1.40. The van der Waals surface area contributed by atoms with E-state index >= 15 is 0 Å². The van der Waals surface area contributed by atoms with Crippen LogP contribution in [-0.2, 0) is 0 Å². The van der Waals surface area contributed by atoms with Gasteiger partial charge < -0.3 is 15.3 Å². The first kappa shape index (κ1) is 12.9. The van der Waals surface area contributed by atoms with Crippen LogP contribution < -0.4 is 5.32 Å². The van der Waals surface area contributed by atoms with Crippen molar-refractivity contribution in [2.24, 2.45) is 0 Å². The summed E-state index contributed by atoms with van der Waals surface area (Å²) in [6, 6.07) is 0. The maximum Gasteiger partial charge on any atom is 0.0558 e. The first-order valence-electron chi connectivity index (χ1n) is 5.39. The van der Waals surface area contributed by atoms with E-state index in [-0.39, 0.29) is 6.61 Å². The molecule has 0 fully saturated rings. The molecule has 0 aromatic carbocycles. The zero-order valence-electron chi connectivity index (χ0n) is 9.05. The van der Waals surface area contributed by atoms with Crippen LogP contribution in [-0.4, -0.2) is 49.3 Å². The highest BCUT2D eigenvalue weighted by Crippen LogP contribution is 1.92. The van der Waals surface area contributed by atoms with Gasteiger partial charge in [0, 0.05) is 6.54 Å². The highest BCUT2D eigenvalue weighted by atomic mass is 16.3. The minimum Gasteiger partial charge on any atom is -0.395 e. The van der Waals surface area contributed by atoms with Crippen molar-refractivity contribution in [2.75, 3.05) is 39.3 Å². The lowest BCUT2D eigenvalue weighted by molar-refractivity contribution is 0.194. The van der Waals surface area contributed by atoms with Crippen LogP contribution in [0.5, 0.6) is 0 Å². The van der Waals surface area contributed by atoms with Crippen LogP contribution in [0.2, 0.25) is 0 Å². The largest absolute Gasteiger partial charge is 0.395 e. The Morgan fingerprint density at radius 1 is 1.15 bits per heavy atom. The molecule has 0 atom stereocenters. The van der Waals surface area contributed by atoms with Gasteiger partial charge in [-0.15, -0.1) is 0 Å². The Kier molecular flexibility index (Phi) is 9.87. The topological polar surface area (TPSA) is 35.5 Å². The first-order valence-corrected chi connectivity index (χ1v) is 5.39. The van der Waals surface area contributed by atoms with Crippen molar-refractivity contribution in [3.63, 3.8) is 0 Å². The molecule has 13 heavy (non-hydrogen) atoms. The average molecular weight is 188 g/mol. The molecule has 0 unspecified atom stereocenters. The molecule has 80 valence electrons. The molecule has 0 bridgehead atoms. The molecular weight excluding hydrogens is 164 g/mol. The van der Waals surface area contributed by atoms with Gasteiger partial charge in [-0.1, -0.05) is 13.8 Å². The minimum atomic E-state index is 0.279. The molecule has 0 amide bonds. The number of hydrogen-bond acceptors (Lipinski definition) is 3. The summed E-state index contributed by atoms with van der Waals surface area (Å²) in [7, 11) is 0. The number of aliphatic hydroxyl groups is 1. The molecule has 0 aliphatic carbocycles. The standard InChI is InChI=1S/C10H24N2O/c1-3-7-12(9-10-13)8-5-6-11-4-2/h11,13H,3-10H2,1-2H3. The number of nitrogens with one attached hydrogen (secondary N) is 1. The average Bonchev–Trinajstić information content (AvgIpc) is 2.13. The smallest absolute Gasteiger partial charge is 0.0558 e. The van der Waals surface area contributed by atoms with E-state index in [1.807, 2.05) is 0 Å². The van der Waals surface area contributed by atoms with Crippen molar-refractivity contribution < 1.29 is 5.11 Å².